The fraction of sp³-hybridized carbons (Fsp3) is 0.235. The Morgan fingerprint density at radius 3 is 2.25 bits per heavy atom. The van der Waals surface area contributed by atoms with Gasteiger partial charge in [0.05, 0.1) is 5.56 Å². The van der Waals surface area contributed by atoms with Crippen LogP contribution in [0.3, 0.4) is 0 Å². The van der Waals surface area contributed by atoms with Gasteiger partial charge in [0.25, 0.3) is 5.91 Å². The number of amides is 1. The van der Waals surface area contributed by atoms with Crippen molar-refractivity contribution in [1.29, 1.82) is 0 Å². The summed E-state index contributed by atoms with van der Waals surface area (Å²) in [4.78, 5) is 11.7. The third kappa shape index (κ3) is 4.43. The molecule has 0 saturated heterocycles. The largest absolute Gasteiger partial charge is 0.488 e. The Morgan fingerprint density at radius 1 is 1.00 bits per heavy atom. The van der Waals surface area contributed by atoms with E-state index in [0.29, 0.717) is 17.9 Å². The van der Waals surface area contributed by atoms with Crippen LogP contribution in [-0.2, 0) is 6.61 Å². The SMILES string of the molecule is CC.CNC(=O)c1ccccc1OCc1ccccc1. The molecule has 0 aliphatic carbocycles. The maximum absolute atomic E-state index is 11.7. The van der Waals surface area contributed by atoms with E-state index in [2.05, 4.69) is 5.32 Å². The van der Waals surface area contributed by atoms with Gasteiger partial charge in [-0.25, -0.2) is 0 Å². The van der Waals surface area contributed by atoms with Crippen LogP contribution in [0, 0.1) is 0 Å². The lowest BCUT2D eigenvalue weighted by molar-refractivity contribution is 0.0958. The van der Waals surface area contributed by atoms with Crippen molar-refractivity contribution in [2.75, 3.05) is 7.05 Å². The quantitative estimate of drug-likeness (QED) is 0.921. The van der Waals surface area contributed by atoms with Gasteiger partial charge in [0, 0.05) is 7.05 Å². The molecular formula is C17H21NO2. The minimum Gasteiger partial charge on any atom is -0.488 e. The minimum atomic E-state index is -0.140. The molecule has 1 amide bonds. The van der Waals surface area contributed by atoms with Gasteiger partial charge in [0.1, 0.15) is 12.4 Å². The van der Waals surface area contributed by atoms with E-state index in [1.54, 1.807) is 19.2 Å². The van der Waals surface area contributed by atoms with Gasteiger partial charge in [0.15, 0.2) is 0 Å². The van der Waals surface area contributed by atoms with Gasteiger partial charge in [-0.2, -0.15) is 0 Å². The van der Waals surface area contributed by atoms with E-state index in [1.165, 1.54) is 0 Å². The molecule has 0 bridgehead atoms. The molecule has 0 aliphatic rings. The molecule has 0 saturated carbocycles. The summed E-state index contributed by atoms with van der Waals surface area (Å²) in [5, 5.41) is 2.60. The summed E-state index contributed by atoms with van der Waals surface area (Å²) in [6.07, 6.45) is 0. The van der Waals surface area contributed by atoms with Crippen molar-refractivity contribution >= 4 is 5.91 Å². The van der Waals surface area contributed by atoms with Crippen LogP contribution in [-0.4, -0.2) is 13.0 Å². The van der Waals surface area contributed by atoms with Crippen LogP contribution in [0.5, 0.6) is 5.75 Å². The van der Waals surface area contributed by atoms with Gasteiger partial charge in [-0.15, -0.1) is 0 Å². The van der Waals surface area contributed by atoms with Crippen molar-refractivity contribution in [1.82, 2.24) is 5.32 Å². The molecule has 0 aliphatic heterocycles. The van der Waals surface area contributed by atoms with Crippen molar-refractivity contribution in [3.8, 4) is 5.75 Å². The molecule has 20 heavy (non-hydrogen) atoms. The summed E-state index contributed by atoms with van der Waals surface area (Å²) in [6.45, 7) is 4.45. The monoisotopic (exact) mass is 271 g/mol. The Bertz CT molecular complexity index is 524. The lowest BCUT2D eigenvalue weighted by Gasteiger charge is -2.10. The van der Waals surface area contributed by atoms with Crippen LogP contribution >= 0.6 is 0 Å². The molecule has 2 aromatic rings. The summed E-state index contributed by atoms with van der Waals surface area (Å²) in [7, 11) is 1.61. The molecule has 2 aromatic carbocycles. The zero-order valence-corrected chi connectivity index (χ0v) is 12.2. The summed E-state index contributed by atoms with van der Waals surface area (Å²) < 4.78 is 5.69. The van der Waals surface area contributed by atoms with E-state index in [9.17, 15) is 4.79 Å². The van der Waals surface area contributed by atoms with Gasteiger partial charge in [-0.1, -0.05) is 56.3 Å². The van der Waals surface area contributed by atoms with Crippen molar-refractivity contribution in [2.24, 2.45) is 0 Å². The first-order chi connectivity index (χ1) is 9.81. The second-order valence-corrected chi connectivity index (χ2v) is 3.85. The Balaban J connectivity index is 0.000000956. The van der Waals surface area contributed by atoms with Gasteiger partial charge in [-0.05, 0) is 17.7 Å². The smallest absolute Gasteiger partial charge is 0.254 e. The fourth-order valence-corrected chi connectivity index (χ4v) is 1.65. The molecule has 106 valence electrons. The molecule has 0 atom stereocenters. The molecule has 0 fully saturated rings. The van der Waals surface area contributed by atoms with Gasteiger partial charge >= 0.3 is 0 Å². The average molecular weight is 271 g/mol. The average Bonchev–Trinajstić information content (AvgIpc) is 2.55. The summed E-state index contributed by atoms with van der Waals surface area (Å²) in [5.74, 6) is 0.458. The molecule has 1 N–H and O–H groups in total. The number of ether oxygens (including phenoxy) is 1. The molecule has 3 heteroatoms. The first kappa shape index (κ1) is 15.8. The zero-order valence-electron chi connectivity index (χ0n) is 12.2. The van der Waals surface area contributed by atoms with Gasteiger partial charge in [-0.3, -0.25) is 4.79 Å². The Kier molecular flexibility index (Phi) is 6.90. The van der Waals surface area contributed by atoms with Crippen LogP contribution in [0.1, 0.15) is 29.8 Å². The highest BCUT2D eigenvalue weighted by atomic mass is 16.5. The van der Waals surface area contributed by atoms with Crippen LogP contribution in [0.2, 0.25) is 0 Å². The Labute approximate surface area is 120 Å². The van der Waals surface area contributed by atoms with E-state index >= 15 is 0 Å². The van der Waals surface area contributed by atoms with Crippen LogP contribution in [0.25, 0.3) is 0 Å². The first-order valence-corrected chi connectivity index (χ1v) is 6.79. The predicted molar refractivity (Wildman–Crippen MR) is 82.0 cm³/mol. The maximum Gasteiger partial charge on any atom is 0.254 e. The standard InChI is InChI=1S/C15H15NO2.C2H6/c1-16-15(17)13-9-5-6-10-14(13)18-11-12-7-3-2-4-8-12;1-2/h2-10H,11H2,1H3,(H,16,17);1-2H3. The number of nitrogens with one attached hydrogen (secondary N) is 1. The Hall–Kier alpha value is -2.29. The van der Waals surface area contributed by atoms with E-state index in [-0.39, 0.29) is 5.91 Å². The highest BCUT2D eigenvalue weighted by Crippen LogP contribution is 2.19. The predicted octanol–water partition coefficient (Wildman–Crippen LogP) is 3.65. The molecule has 0 unspecified atom stereocenters. The minimum absolute atomic E-state index is 0.140. The topological polar surface area (TPSA) is 38.3 Å². The third-order valence-electron chi connectivity index (χ3n) is 2.60. The van der Waals surface area contributed by atoms with Crippen molar-refractivity contribution in [2.45, 2.75) is 20.5 Å². The third-order valence-corrected chi connectivity index (χ3v) is 2.60. The maximum atomic E-state index is 11.7. The number of carbonyl (C=O) groups excluding carboxylic acids is 1. The number of carbonyl (C=O) groups is 1. The number of benzene rings is 2. The second-order valence-electron chi connectivity index (χ2n) is 3.85. The first-order valence-electron chi connectivity index (χ1n) is 6.79. The highest BCUT2D eigenvalue weighted by molar-refractivity contribution is 5.96. The van der Waals surface area contributed by atoms with Crippen LogP contribution in [0.4, 0.5) is 0 Å². The molecule has 0 spiro atoms. The van der Waals surface area contributed by atoms with Gasteiger partial charge in [0.2, 0.25) is 0 Å². The number of hydrogen-bond acceptors (Lipinski definition) is 2. The van der Waals surface area contributed by atoms with Crippen LogP contribution in [0.15, 0.2) is 54.6 Å². The normalized spacial score (nSPS) is 9.15. The molecule has 0 radical (unpaired) electrons. The highest BCUT2D eigenvalue weighted by Gasteiger charge is 2.09. The summed E-state index contributed by atoms with van der Waals surface area (Å²) in [6, 6.07) is 17.1. The van der Waals surface area contributed by atoms with E-state index < -0.39 is 0 Å². The lowest BCUT2D eigenvalue weighted by atomic mass is 10.2. The molecule has 2 rings (SSSR count). The summed E-state index contributed by atoms with van der Waals surface area (Å²) in [5.41, 5.74) is 1.63. The lowest BCUT2D eigenvalue weighted by Crippen LogP contribution is -2.18. The molecular weight excluding hydrogens is 250 g/mol. The van der Waals surface area contributed by atoms with Crippen molar-refractivity contribution in [3.05, 3.63) is 65.7 Å². The van der Waals surface area contributed by atoms with E-state index in [1.807, 2.05) is 56.3 Å². The zero-order chi connectivity index (χ0) is 14.8. The Morgan fingerprint density at radius 2 is 1.60 bits per heavy atom. The second kappa shape index (κ2) is 8.75. The van der Waals surface area contributed by atoms with E-state index in [4.69, 9.17) is 4.74 Å². The number of rotatable bonds is 4. The molecule has 0 aromatic heterocycles. The van der Waals surface area contributed by atoms with Gasteiger partial charge < -0.3 is 10.1 Å². The van der Waals surface area contributed by atoms with Crippen molar-refractivity contribution in [3.63, 3.8) is 0 Å². The van der Waals surface area contributed by atoms with Crippen LogP contribution < -0.4 is 10.1 Å². The summed E-state index contributed by atoms with van der Waals surface area (Å²) >= 11 is 0. The fourth-order valence-electron chi connectivity index (χ4n) is 1.65. The number of para-hydroxylation sites is 1. The van der Waals surface area contributed by atoms with Crippen molar-refractivity contribution < 1.29 is 9.53 Å². The molecule has 0 heterocycles. The number of hydrogen-bond donors (Lipinski definition) is 1. The van der Waals surface area contributed by atoms with E-state index in [0.717, 1.165) is 5.56 Å². The molecule has 3 nitrogen and oxygen atoms in total.